The Bertz CT molecular complexity index is 225. The molecule has 0 aliphatic carbocycles. The van der Waals surface area contributed by atoms with Gasteiger partial charge in [-0.3, -0.25) is 0 Å². The maximum absolute atomic E-state index is 2.41. The van der Waals surface area contributed by atoms with E-state index < -0.39 is 0 Å². The molecular formula is C16H33LiN2. The molecule has 0 spiro atoms. The Morgan fingerprint density at radius 2 is 1.37 bits per heavy atom. The Hall–Kier alpha value is -0.0626. The van der Waals surface area contributed by atoms with E-state index in [4.69, 9.17) is 0 Å². The van der Waals surface area contributed by atoms with E-state index in [1.165, 1.54) is 70.8 Å². The van der Waals surface area contributed by atoms with Crippen LogP contribution in [0.2, 0.25) is 0 Å². The molecule has 19 heavy (non-hydrogen) atoms. The molecule has 0 atom stereocenters. The fraction of sp³-hybridized carbons (Fsp3) is 0.875. The first-order chi connectivity index (χ1) is 8.83. The van der Waals surface area contributed by atoms with Gasteiger partial charge >= 0.3 is 18.9 Å². The number of hydrogen-bond acceptors (Lipinski definition) is 2. The van der Waals surface area contributed by atoms with Gasteiger partial charge in [-0.2, -0.15) is 0 Å². The molecular weight excluding hydrogens is 227 g/mol. The molecule has 0 bridgehead atoms. The van der Waals surface area contributed by atoms with Crippen LogP contribution in [0.4, 0.5) is 0 Å². The van der Waals surface area contributed by atoms with Gasteiger partial charge < -0.3 is 11.2 Å². The quantitative estimate of drug-likeness (QED) is 0.412. The molecule has 1 heterocycles. The van der Waals surface area contributed by atoms with Gasteiger partial charge in [-0.05, 0) is 6.42 Å². The summed E-state index contributed by atoms with van der Waals surface area (Å²) in [6.45, 7) is 4.60. The molecule has 0 N–H and O–H groups in total. The predicted octanol–water partition coefficient (Wildman–Crippen LogP) is 1.70. The second-order valence-corrected chi connectivity index (χ2v) is 5.69. The van der Waals surface area contributed by atoms with Gasteiger partial charge in [0.2, 0.25) is 0 Å². The van der Waals surface area contributed by atoms with Crippen LogP contribution in [0.25, 0.3) is 0 Å². The van der Waals surface area contributed by atoms with Gasteiger partial charge in [-0.25, -0.2) is 0 Å². The number of hydrogen-bond donors (Lipinski definition) is 0. The second kappa shape index (κ2) is 12.9. The summed E-state index contributed by atoms with van der Waals surface area (Å²) in [6.07, 6.45) is 18.6. The van der Waals surface area contributed by atoms with Crippen LogP contribution >= 0.6 is 0 Å². The van der Waals surface area contributed by atoms with Crippen LogP contribution in [0.3, 0.4) is 0 Å². The fourth-order valence-corrected chi connectivity index (χ4v) is 2.54. The summed E-state index contributed by atoms with van der Waals surface area (Å²) in [4.78, 5) is 4.64. The first-order valence-corrected chi connectivity index (χ1v) is 7.95. The predicted molar refractivity (Wildman–Crippen MR) is 81.4 cm³/mol. The van der Waals surface area contributed by atoms with Crippen LogP contribution in [0.5, 0.6) is 0 Å². The van der Waals surface area contributed by atoms with E-state index in [0.717, 1.165) is 6.67 Å². The largest absolute Gasteiger partial charge is 1.00 e. The van der Waals surface area contributed by atoms with Crippen LogP contribution < -0.4 is 18.9 Å². The summed E-state index contributed by atoms with van der Waals surface area (Å²) in [6, 6.07) is 0. The molecule has 2 nitrogen and oxygen atoms in total. The third kappa shape index (κ3) is 10.4. The first-order valence-electron chi connectivity index (χ1n) is 7.95. The summed E-state index contributed by atoms with van der Waals surface area (Å²) >= 11 is 0. The summed E-state index contributed by atoms with van der Waals surface area (Å²) in [5, 5.41) is 0. The SMILES string of the molecule is CCCCCCCCCCCCN1C=CN(C)C1.[H-].[Li+]. The Morgan fingerprint density at radius 3 is 1.84 bits per heavy atom. The first kappa shape index (κ1) is 18.9. The molecule has 108 valence electrons. The minimum absolute atomic E-state index is 0. The smallest absolute Gasteiger partial charge is 1.00 e. The minimum atomic E-state index is 0. The Labute approximate surface area is 134 Å². The molecule has 0 saturated carbocycles. The average Bonchev–Trinajstić information content (AvgIpc) is 2.77. The van der Waals surface area contributed by atoms with Gasteiger partial charge in [0.1, 0.15) is 0 Å². The topological polar surface area (TPSA) is 6.48 Å². The summed E-state index contributed by atoms with van der Waals surface area (Å²) in [5.74, 6) is 0. The van der Waals surface area contributed by atoms with Crippen molar-refractivity contribution < 1.29 is 20.3 Å². The number of rotatable bonds is 11. The summed E-state index contributed by atoms with van der Waals surface area (Å²) in [5.41, 5.74) is 0. The molecule has 1 rings (SSSR count). The van der Waals surface area contributed by atoms with Crippen LogP contribution in [0.1, 0.15) is 72.6 Å². The van der Waals surface area contributed by atoms with Crippen molar-refractivity contribution in [1.82, 2.24) is 9.80 Å². The molecule has 0 radical (unpaired) electrons. The Morgan fingerprint density at radius 1 is 0.842 bits per heavy atom. The molecule has 0 fully saturated rings. The molecule has 0 unspecified atom stereocenters. The van der Waals surface area contributed by atoms with Gasteiger partial charge in [-0.1, -0.05) is 64.7 Å². The van der Waals surface area contributed by atoms with Crippen LogP contribution in [-0.4, -0.2) is 30.1 Å². The zero-order valence-corrected chi connectivity index (χ0v) is 13.5. The van der Waals surface area contributed by atoms with Gasteiger partial charge in [0.25, 0.3) is 0 Å². The minimum Gasteiger partial charge on any atom is -1.00 e. The van der Waals surface area contributed by atoms with Crippen molar-refractivity contribution in [3.8, 4) is 0 Å². The zero-order chi connectivity index (χ0) is 13.1. The second-order valence-electron chi connectivity index (χ2n) is 5.69. The van der Waals surface area contributed by atoms with Crippen molar-refractivity contribution in [3.05, 3.63) is 12.4 Å². The van der Waals surface area contributed by atoms with Crippen LogP contribution in [0, 0.1) is 0 Å². The molecule has 0 aromatic carbocycles. The van der Waals surface area contributed by atoms with Gasteiger partial charge in [0.15, 0.2) is 0 Å². The number of nitrogens with zero attached hydrogens (tertiary/aromatic N) is 2. The van der Waals surface area contributed by atoms with Crippen LogP contribution in [0.15, 0.2) is 12.4 Å². The van der Waals surface area contributed by atoms with E-state index >= 15 is 0 Å². The fourth-order valence-electron chi connectivity index (χ4n) is 2.54. The molecule has 1 aliphatic rings. The van der Waals surface area contributed by atoms with Gasteiger partial charge in [0.05, 0.1) is 6.67 Å². The van der Waals surface area contributed by atoms with Crippen molar-refractivity contribution in [2.75, 3.05) is 20.3 Å². The monoisotopic (exact) mass is 260 g/mol. The maximum atomic E-state index is 2.41. The maximum Gasteiger partial charge on any atom is 1.00 e. The van der Waals surface area contributed by atoms with Crippen molar-refractivity contribution in [2.24, 2.45) is 0 Å². The van der Waals surface area contributed by atoms with Crippen molar-refractivity contribution in [1.29, 1.82) is 0 Å². The van der Waals surface area contributed by atoms with Gasteiger partial charge in [0, 0.05) is 26.0 Å². The van der Waals surface area contributed by atoms with E-state index in [0.29, 0.717) is 0 Å². The summed E-state index contributed by atoms with van der Waals surface area (Å²) in [7, 11) is 2.13. The zero-order valence-electron chi connectivity index (χ0n) is 14.5. The summed E-state index contributed by atoms with van der Waals surface area (Å²) < 4.78 is 0. The molecule has 0 amide bonds. The van der Waals surface area contributed by atoms with E-state index in [-0.39, 0.29) is 20.3 Å². The average molecular weight is 260 g/mol. The van der Waals surface area contributed by atoms with Crippen LogP contribution in [-0.2, 0) is 0 Å². The Kier molecular flexibility index (Phi) is 12.9. The van der Waals surface area contributed by atoms with E-state index in [1.807, 2.05) is 0 Å². The molecule has 0 saturated heterocycles. The third-order valence-electron chi connectivity index (χ3n) is 3.74. The molecule has 1 aliphatic heterocycles. The standard InChI is InChI=1S/C16H32N2.Li.H/c1-3-4-5-6-7-8-9-10-11-12-13-18-15-14-17(2)16-18;;/h14-15H,3-13,16H2,1-2H3;;/q;+1;-1. The van der Waals surface area contributed by atoms with E-state index in [9.17, 15) is 0 Å². The molecule has 3 heteroatoms. The van der Waals surface area contributed by atoms with E-state index in [1.54, 1.807) is 0 Å². The normalized spacial score (nSPS) is 14.0. The number of unbranched alkanes of at least 4 members (excludes halogenated alkanes) is 9. The van der Waals surface area contributed by atoms with Crippen molar-refractivity contribution in [3.63, 3.8) is 0 Å². The Balaban J connectivity index is 0. The van der Waals surface area contributed by atoms with Crippen molar-refractivity contribution in [2.45, 2.75) is 71.1 Å². The third-order valence-corrected chi connectivity index (χ3v) is 3.74. The van der Waals surface area contributed by atoms with Crippen molar-refractivity contribution >= 4 is 0 Å². The van der Waals surface area contributed by atoms with E-state index in [2.05, 4.69) is 36.2 Å². The molecule has 0 aromatic rings. The molecule has 0 aromatic heterocycles. The van der Waals surface area contributed by atoms with Gasteiger partial charge in [-0.15, -0.1) is 0 Å².